The number of aryl methyl sites for hydroxylation is 1. The Morgan fingerprint density at radius 3 is 2.15 bits per heavy atom. The molecule has 0 aromatic heterocycles. The van der Waals surface area contributed by atoms with Crippen molar-refractivity contribution in [1.29, 1.82) is 0 Å². The fraction of sp³-hybridized carbons (Fsp3) is 0.294. The number of halogens is 1. The Balaban J connectivity index is 1.82. The lowest BCUT2D eigenvalue weighted by Gasteiger charge is -2.07. The van der Waals surface area contributed by atoms with Crippen molar-refractivity contribution in [2.75, 3.05) is 6.61 Å². The molecular formula is C17H19FO2. The number of benzene rings is 2. The monoisotopic (exact) mass is 274 g/mol. The van der Waals surface area contributed by atoms with Crippen LogP contribution in [0.2, 0.25) is 0 Å². The summed E-state index contributed by atoms with van der Waals surface area (Å²) in [5.74, 6) is 0.571. The van der Waals surface area contributed by atoms with Gasteiger partial charge in [-0.2, -0.15) is 0 Å². The van der Waals surface area contributed by atoms with Crippen LogP contribution < -0.4 is 4.74 Å². The predicted octanol–water partition coefficient (Wildman–Crippen LogP) is 3.72. The van der Waals surface area contributed by atoms with Gasteiger partial charge in [-0.1, -0.05) is 24.3 Å². The van der Waals surface area contributed by atoms with Gasteiger partial charge in [-0.3, -0.25) is 0 Å². The predicted molar refractivity (Wildman–Crippen MR) is 77.2 cm³/mol. The maximum Gasteiger partial charge on any atom is 0.123 e. The molecule has 0 bridgehead atoms. The fourth-order valence-corrected chi connectivity index (χ4v) is 1.94. The highest BCUT2D eigenvalue weighted by atomic mass is 19.1. The van der Waals surface area contributed by atoms with Crippen molar-refractivity contribution in [1.82, 2.24) is 0 Å². The molecule has 2 aromatic rings. The lowest BCUT2D eigenvalue weighted by molar-refractivity contribution is 0.284. The first-order valence-electron chi connectivity index (χ1n) is 6.85. The van der Waals surface area contributed by atoms with E-state index in [1.54, 1.807) is 12.1 Å². The Labute approximate surface area is 118 Å². The van der Waals surface area contributed by atoms with Crippen LogP contribution in [-0.2, 0) is 13.0 Å². The van der Waals surface area contributed by atoms with Crippen molar-refractivity contribution < 1.29 is 14.2 Å². The highest BCUT2D eigenvalue weighted by molar-refractivity contribution is 5.28. The van der Waals surface area contributed by atoms with E-state index in [0.717, 1.165) is 30.6 Å². The zero-order valence-electron chi connectivity index (χ0n) is 11.4. The van der Waals surface area contributed by atoms with Gasteiger partial charge in [0.25, 0.3) is 0 Å². The van der Waals surface area contributed by atoms with Crippen LogP contribution in [0.5, 0.6) is 5.75 Å². The van der Waals surface area contributed by atoms with Crippen molar-refractivity contribution >= 4 is 0 Å². The van der Waals surface area contributed by atoms with Crippen LogP contribution >= 0.6 is 0 Å². The topological polar surface area (TPSA) is 29.5 Å². The average molecular weight is 274 g/mol. The Morgan fingerprint density at radius 2 is 1.50 bits per heavy atom. The third-order valence-electron chi connectivity index (χ3n) is 3.12. The molecule has 0 saturated heterocycles. The van der Waals surface area contributed by atoms with E-state index in [1.807, 2.05) is 24.3 Å². The van der Waals surface area contributed by atoms with Crippen molar-refractivity contribution in [3.8, 4) is 5.75 Å². The molecule has 3 heteroatoms. The van der Waals surface area contributed by atoms with Gasteiger partial charge in [-0.05, 0) is 54.7 Å². The number of aliphatic hydroxyl groups is 1. The molecule has 0 radical (unpaired) electrons. The number of hydrogen-bond donors (Lipinski definition) is 1. The van der Waals surface area contributed by atoms with Crippen LogP contribution in [0.15, 0.2) is 48.5 Å². The van der Waals surface area contributed by atoms with Crippen LogP contribution in [0.25, 0.3) is 0 Å². The number of aliphatic hydroxyl groups excluding tert-OH is 1. The number of hydrogen-bond acceptors (Lipinski definition) is 2. The highest BCUT2D eigenvalue weighted by Gasteiger charge is 1.98. The van der Waals surface area contributed by atoms with Gasteiger partial charge in [0.15, 0.2) is 0 Å². The maximum atomic E-state index is 12.8. The Hall–Kier alpha value is -1.87. The molecule has 0 unspecified atom stereocenters. The van der Waals surface area contributed by atoms with Crippen LogP contribution in [0.4, 0.5) is 4.39 Å². The summed E-state index contributed by atoms with van der Waals surface area (Å²) in [7, 11) is 0. The standard InChI is InChI=1S/C17H19FO2/c18-16-8-4-15(5-9-16)13-20-17-10-6-14(7-11-17)3-1-2-12-19/h4-11,19H,1-3,12-13H2. The molecular weight excluding hydrogens is 255 g/mol. The quantitative estimate of drug-likeness (QED) is 0.780. The number of unbranched alkanes of at least 4 members (excludes halogenated alkanes) is 1. The normalized spacial score (nSPS) is 10.5. The van der Waals surface area contributed by atoms with Gasteiger partial charge in [0.1, 0.15) is 18.2 Å². The SMILES string of the molecule is OCCCCc1ccc(OCc2ccc(F)cc2)cc1. The Morgan fingerprint density at radius 1 is 0.850 bits per heavy atom. The lowest BCUT2D eigenvalue weighted by Crippen LogP contribution is -1.96. The molecule has 0 saturated carbocycles. The molecule has 1 N–H and O–H groups in total. The molecule has 0 spiro atoms. The van der Waals surface area contributed by atoms with Crippen molar-refractivity contribution in [3.63, 3.8) is 0 Å². The largest absolute Gasteiger partial charge is 0.489 e. The van der Waals surface area contributed by atoms with Gasteiger partial charge in [0.05, 0.1) is 0 Å². The smallest absolute Gasteiger partial charge is 0.123 e. The van der Waals surface area contributed by atoms with Gasteiger partial charge in [-0.15, -0.1) is 0 Å². The van der Waals surface area contributed by atoms with E-state index < -0.39 is 0 Å². The second-order valence-electron chi connectivity index (χ2n) is 4.74. The summed E-state index contributed by atoms with van der Waals surface area (Å²) < 4.78 is 18.4. The van der Waals surface area contributed by atoms with Crippen LogP contribution in [-0.4, -0.2) is 11.7 Å². The molecule has 0 heterocycles. The van der Waals surface area contributed by atoms with Crippen molar-refractivity contribution in [2.45, 2.75) is 25.9 Å². The Kier molecular flexibility index (Phi) is 5.56. The molecule has 0 fully saturated rings. The average Bonchev–Trinajstić information content (AvgIpc) is 2.48. The second kappa shape index (κ2) is 7.65. The molecule has 0 amide bonds. The minimum atomic E-state index is -0.235. The van der Waals surface area contributed by atoms with Gasteiger partial charge < -0.3 is 9.84 Å². The zero-order valence-corrected chi connectivity index (χ0v) is 11.4. The fourth-order valence-electron chi connectivity index (χ4n) is 1.94. The van der Waals surface area contributed by atoms with Crippen LogP contribution in [0, 0.1) is 5.82 Å². The second-order valence-corrected chi connectivity index (χ2v) is 4.74. The molecule has 0 aliphatic heterocycles. The van der Waals surface area contributed by atoms with Crippen LogP contribution in [0.1, 0.15) is 24.0 Å². The molecule has 2 aromatic carbocycles. The van der Waals surface area contributed by atoms with E-state index in [1.165, 1.54) is 17.7 Å². The molecule has 0 aliphatic carbocycles. The first-order chi connectivity index (χ1) is 9.78. The summed E-state index contributed by atoms with van der Waals surface area (Å²) in [4.78, 5) is 0. The third-order valence-corrected chi connectivity index (χ3v) is 3.12. The summed E-state index contributed by atoms with van der Waals surface area (Å²) in [5, 5.41) is 8.74. The summed E-state index contributed by atoms with van der Waals surface area (Å²) >= 11 is 0. The van der Waals surface area contributed by atoms with E-state index in [-0.39, 0.29) is 12.4 Å². The van der Waals surface area contributed by atoms with E-state index in [9.17, 15) is 4.39 Å². The third kappa shape index (κ3) is 4.67. The summed E-state index contributed by atoms with van der Waals surface area (Å²) in [6.45, 7) is 0.684. The van der Waals surface area contributed by atoms with Gasteiger partial charge in [0, 0.05) is 6.61 Å². The van der Waals surface area contributed by atoms with E-state index in [2.05, 4.69) is 0 Å². The first kappa shape index (κ1) is 14.5. The highest BCUT2D eigenvalue weighted by Crippen LogP contribution is 2.15. The van der Waals surface area contributed by atoms with Crippen molar-refractivity contribution in [2.24, 2.45) is 0 Å². The minimum Gasteiger partial charge on any atom is -0.489 e. The van der Waals surface area contributed by atoms with Crippen LogP contribution in [0.3, 0.4) is 0 Å². The van der Waals surface area contributed by atoms with Gasteiger partial charge in [-0.25, -0.2) is 4.39 Å². The zero-order chi connectivity index (χ0) is 14.2. The van der Waals surface area contributed by atoms with Gasteiger partial charge >= 0.3 is 0 Å². The molecule has 0 aliphatic rings. The molecule has 106 valence electrons. The van der Waals surface area contributed by atoms with E-state index >= 15 is 0 Å². The van der Waals surface area contributed by atoms with Crippen molar-refractivity contribution in [3.05, 3.63) is 65.5 Å². The Bertz CT molecular complexity index is 506. The summed E-state index contributed by atoms with van der Waals surface area (Å²) in [5.41, 5.74) is 2.19. The molecule has 2 nitrogen and oxygen atoms in total. The molecule has 0 atom stereocenters. The maximum absolute atomic E-state index is 12.8. The van der Waals surface area contributed by atoms with Gasteiger partial charge in [0.2, 0.25) is 0 Å². The van der Waals surface area contributed by atoms with E-state index in [0.29, 0.717) is 6.61 Å². The number of rotatable bonds is 7. The first-order valence-corrected chi connectivity index (χ1v) is 6.85. The van der Waals surface area contributed by atoms with E-state index in [4.69, 9.17) is 9.84 Å². The summed E-state index contributed by atoms with van der Waals surface area (Å²) in [6, 6.07) is 14.3. The minimum absolute atomic E-state index is 0.235. The lowest BCUT2D eigenvalue weighted by atomic mass is 10.1. The molecule has 20 heavy (non-hydrogen) atoms. The number of ether oxygens (including phenoxy) is 1. The summed E-state index contributed by atoms with van der Waals surface area (Å²) in [6.07, 6.45) is 2.80. The molecule has 2 rings (SSSR count).